The number of sulfone groups is 1. The van der Waals surface area contributed by atoms with E-state index in [-0.39, 0.29) is 11.4 Å². The Kier molecular flexibility index (Phi) is 3.86. The van der Waals surface area contributed by atoms with Gasteiger partial charge in [-0.3, -0.25) is 0 Å². The van der Waals surface area contributed by atoms with Crippen molar-refractivity contribution in [3.05, 3.63) is 23.4 Å². The molecule has 0 aromatic carbocycles. The van der Waals surface area contributed by atoms with Gasteiger partial charge in [-0.1, -0.05) is 0 Å². The number of carboxylic acids is 2. The molecule has 0 radical (unpaired) electrons. The highest BCUT2D eigenvalue weighted by atomic mass is 32.2. The van der Waals surface area contributed by atoms with E-state index in [4.69, 9.17) is 10.2 Å². The van der Waals surface area contributed by atoms with Crippen molar-refractivity contribution in [1.82, 2.24) is 4.98 Å². The Bertz CT molecular complexity index is 595. The van der Waals surface area contributed by atoms with Gasteiger partial charge in [0.05, 0.1) is 5.56 Å². The Hall–Kier alpha value is -2.16. The minimum absolute atomic E-state index is 0.196. The first-order valence-electron chi connectivity index (χ1n) is 4.59. The molecule has 0 unspecified atom stereocenters. The number of anilines is 1. The van der Waals surface area contributed by atoms with E-state index in [9.17, 15) is 18.0 Å². The van der Waals surface area contributed by atoms with E-state index in [1.54, 1.807) is 0 Å². The number of pyridine rings is 1. The molecule has 0 saturated carbocycles. The quantitative estimate of drug-likeness (QED) is 0.677. The van der Waals surface area contributed by atoms with Gasteiger partial charge in [0.2, 0.25) is 0 Å². The van der Waals surface area contributed by atoms with Gasteiger partial charge in [0, 0.05) is 12.5 Å². The Labute approximate surface area is 102 Å². The van der Waals surface area contributed by atoms with Crippen LogP contribution in [0.1, 0.15) is 20.7 Å². The maximum atomic E-state index is 10.9. The molecule has 1 heterocycles. The van der Waals surface area contributed by atoms with Gasteiger partial charge in [-0.2, -0.15) is 0 Å². The Morgan fingerprint density at radius 2 is 1.94 bits per heavy atom. The normalized spacial score (nSPS) is 10.9. The van der Waals surface area contributed by atoms with Gasteiger partial charge in [0.15, 0.2) is 9.84 Å². The number of carbonyl (C=O) groups is 2. The van der Waals surface area contributed by atoms with Crippen LogP contribution in [0.15, 0.2) is 12.3 Å². The third-order valence-corrected chi connectivity index (χ3v) is 2.54. The SMILES string of the molecule is CS(=O)(=O)CNc1ncc(C(=O)O)cc1C(=O)O. The van der Waals surface area contributed by atoms with E-state index < -0.39 is 33.2 Å². The lowest BCUT2D eigenvalue weighted by Crippen LogP contribution is -2.16. The lowest BCUT2D eigenvalue weighted by atomic mass is 10.2. The maximum Gasteiger partial charge on any atom is 0.339 e. The molecule has 0 aliphatic heterocycles. The van der Waals surface area contributed by atoms with Crippen molar-refractivity contribution < 1.29 is 28.2 Å². The zero-order valence-electron chi connectivity index (χ0n) is 9.24. The smallest absolute Gasteiger partial charge is 0.339 e. The monoisotopic (exact) mass is 274 g/mol. The molecule has 1 rings (SSSR count). The summed E-state index contributed by atoms with van der Waals surface area (Å²) >= 11 is 0. The average molecular weight is 274 g/mol. The van der Waals surface area contributed by atoms with Crippen LogP contribution in [0.25, 0.3) is 0 Å². The van der Waals surface area contributed by atoms with Crippen LogP contribution in [0, 0.1) is 0 Å². The fraction of sp³-hybridized carbons (Fsp3) is 0.222. The second kappa shape index (κ2) is 5.00. The molecule has 1 aromatic heterocycles. The minimum Gasteiger partial charge on any atom is -0.478 e. The molecule has 1 aromatic rings. The number of nitrogens with one attached hydrogen (secondary N) is 1. The van der Waals surface area contributed by atoms with Crippen molar-refractivity contribution in [3.8, 4) is 0 Å². The highest BCUT2D eigenvalue weighted by Crippen LogP contribution is 2.14. The Balaban J connectivity index is 3.12. The average Bonchev–Trinajstić information content (AvgIpc) is 2.24. The van der Waals surface area contributed by atoms with Crippen LogP contribution in [0.2, 0.25) is 0 Å². The lowest BCUT2D eigenvalue weighted by molar-refractivity contribution is 0.0696. The first-order chi connectivity index (χ1) is 8.20. The van der Waals surface area contributed by atoms with Gasteiger partial charge in [0.25, 0.3) is 0 Å². The number of rotatable bonds is 5. The summed E-state index contributed by atoms with van der Waals surface area (Å²) in [4.78, 5) is 25.1. The Morgan fingerprint density at radius 1 is 1.33 bits per heavy atom. The molecule has 0 amide bonds. The second-order valence-corrected chi connectivity index (χ2v) is 5.62. The highest BCUT2D eigenvalue weighted by Gasteiger charge is 2.16. The largest absolute Gasteiger partial charge is 0.478 e. The van der Waals surface area contributed by atoms with Gasteiger partial charge in [0.1, 0.15) is 17.3 Å². The number of hydrogen-bond donors (Lipinski definition) is 3. The van der Waals surface area contributed by atoms with E-state index in [2.05, 4.69) is 10.3 Å². The number of aromatic nitrogens is 1. The van der Waals surface area contributed by atoms with Crippen LogP contribution < -0.4 is 5.32 Å². The van der Waals surface area contributed by atoms with Crippen LogP contribution in [-0.2, 0) is 9.84 Å². The number of nitrogens with zero attached hydrogens (tertiary/aromatic N) is 1. The zero-order valence-corrected chi connectivity index (χ0v) is 10.1. The first-order valence-corrected chi connectivity index (χ1v) is 6.65. The summed E-state index contributed by atoms with van der Waals surface area (Å²) in [5.74, 6) is -3.41. The summed E-state index contributed by atoms with van der Waals surface area (Å²) in [6.45, 7) is 0. The van der Waals surface area contributed by atoms with Gasteiger partial charge < -0.3 is 15.5 Å². The van der Waals surface area contributed by atoms with Gasteiger partial charge in [-0.05, 0) is 6.07 Å². The van der Waals surface area contributed by atoms with Crippen LogP contribution in [0.3, 0.4) is 0 Å². The molecule has 0 saturated heterocycles. The van der Waals surface area contributed by atoms with E-state index >= 15 is 0 Å². The summed E-state index contributed by atoms with van der Waals surface area (Å²) in [5.41, 5.74) is -0.698. The molecule has 0 bridgehead atoms. The van der Waals surface area contributed by atoms with Gasteiger partial charge in [-0.15, -0.1) is 0 Å². The summed E-state index contributed by atoms with van der Waals surface area (Å²) in [5, 5.41) is 19.9. The summed E-state index contributed by atoms with van der Waals surface area (Å²) in [7, 11) is -3.35. The number of hydrogen-bond acceptors (Lipinski definition) is 6. The van der Waals surface area contributed by atoms with Crippen LogP contribution in [0.5, 0.6) is 0 Å². The van der Waals surface area contributed by atoms with Crippen molar-refractivity contribution in [2.75, 3.05) is 17.4 Å². The van der Waals surface area contributed by atoms with Gasteiger partial charge >= 0.3 is 11.9 Å². The standard InChI is InChI=1S/C9H10N2O6S/c1-18(16,17)4-11-7-6(9(14)15)2-5(3-10-7)8(12)13/h2-3H,4H2,1H3,(H,10,11)(H,12,13)(H,14,15). The molecular weight excluding hydrogens is 264 g/mol. The van der Waals surface area contributed by atoms with Crippen molar-refractivity contribution in [3.63, 3.8) is 0 Å². The third kappa shape index (κ3) is 3.70. The first kappa shape index (κ1) is 13.9. The molecule has 0 spiro atoms. The highest BCUT2D eigenvalue weighted by molar-refractivity contribution is 7.90. The molecule has 98 valence electrons. The van der Waals surface area contributed by atoms with Crippen LogP contribution in [-0.4, -0.2) is 47.7 Å². The minimum atomic E-state index is -3.35. The summed E-state index contributed by atoms with van der Waals surface area (Å²) in [6, 6.07) is 0.905. The molecule has 0 atom stereocenters. The molecule has 8 nitrogen and oxygen atoms in total. The molecular formula is C9H10N2O6S. The van der Waals surface area contributed by atoms with Crippen molar-refractivity contribution in [1.29, 1.82) is 0 Å². The van der Waals surface area contributed by atoms with E-state index in [1.807, 2.05) is 0 Å². The predicted octanol–water partition coefficient (Wildman–Crippen LogP) is -0.108. The number of carboxylic acid groups (broad SMARTS) is 2. The topological polar surface area (TPSA) is 134 Å². The molecule has 18 heavy (non-hydrogen) atoms. The fourth-order valence-corrected chi connectivity index (χ4v) is 1.48. The van der Waals surface area contributed by atoms with Gasteiger partial charge in [-0.25, -0.2) is 23.0 Å². The second-order valence-electron chi connectivity index (χ2n) is 3.48. The molecule has 0 aliphatic rings. The van der Waals surface area contributed by atoms with Crippen molar-refractivity contribution >= 4 is 27.6 Å². The molecule has 9 heteroatoms. The molecule has 3 N–H and O–H groups in total. The molecule has 0 fully saturated rings. The summed E-state index contributed by atoms with van der Waals surface area (Å²) < 4.78 is 21.9. The zero-order chi connectivity index (χ0) is 13.9. The Morgan fingerprint density at radius 3 is 2.39 bits per heavy atom. The number of aromatic carboxylic acids is 2. The predicted molar refractivity (Wildman–Crippen MR) is 61.5 cm³/mol. The third-order valence-electron chi connectivity index (χ3n) is 1.87. The van der Waals surface area contributed by atoms with Crippen LogP contribution >= 0.6 is 0 Å². The van der Waals surface area contributed by atoms with Crippen molar-refractivity contribution in [2.24, 2.45) is 0 Å². The van der Waals surface area contributed by atoms with Crippen LogP contribution in [0.4, 0.5) is 5.82 Å². The maximum absolute atomic E-state index is 10.9. The summed E-state index contributed by atoms with van der Waals surface area (Å²) in [6.07, 6.45) is 1.91. The van der Waals surface area contributed by atoms with E-state index in [1.165, 1.54) is 0 Å². The van der Waals surface area contributed by atoms with Crippen molar-refractivity contribution in [2.45, 2.75) is 0 Å². The lowest BCUT2D eigenvalue weighted by Gasteiger charge is -2.07. The fourth-order valence-electron chi connectivity index (χ4n) is 1.09. The van der Waals surface area contributed by atoms with E-state index in [0.717, 1.165) is 18.5 Å². The molecule has 0 aliphatic carbocycles. The van der Waals surface area contributed by atoms with E-state index in [0.29, 0.717) is 0 Å².